The van der Waals surface area contributed by atoms with Crippen molar-refractivity contribution in [1.29, 1.82) is 0 Å². The Balaban J connectivity index is 1.55. The average molecular weight is 384 g/mol. The molecule has 0 aromatic heterocycles. The maximum Gasteiger partial charge on any atom is 0.325 e. The minimum atomic E-state index is -0.833. The van der Waals surface area contributed by atoms with Gasteiger partial charge in [0.05, 0.1) is 31.1 Å². The highest BCUT2D eigenvalue weighted by Crippen LogP contribution is 2.52. The van der Waals surface area contributed by atoms with E-state index in [-0.39, 0.29) is 31.5 Å². The van der Waals surface area contributed by atoms with Gasteiger partial charge >= 0.3 is 5.97 Å². The minimum absolute atomic E-state index is 0.125. The van der Waals surface area contributed by atoms with E-state index < -0.39 is 29.5 Å². The van der Waals surface area contributed by atoms with Gasteiger partial charge in [-0.3, -0.25) is 14.4 Å². The zero-order valence-corrected chi connectivity index (χ0v) is 16.0. The van der Waals surface area contributed by atoms with Crippen LogP contribution in [0.4, 0.5) is 5.69 Å². The number of nitrogens with zero attached hydrogens (tertiary/aromatic N) is 1. The quantitative estimate of drug-likeness (QED) is 0.594. The van der Waals surface area contributed by atoms with Crippen molar-refractivity contribution in [3.8, 4) is 0 Å². The molecule has 0 saturated carbocycles. The Labute approximate surface area is 163 Å². The van der Waals surface area contributed by atoms with Gasteiger partial charge in [-0.1, -0.05) is 37.3 Å². The van der Waals surface area contributed by atoms with Gasteiger partial charge in [-0.25, -0.2) is 0 Å². The number of aryl methyl sites for hydroxylation is 1. The zero-order valence-electron chi connectivity index (χ0n) is 16.0. The molecule has 7 nitrogen and oxygen atoms in total. The largest absolute Gasteiger partial charge is 0.465 e. The number of hydrogen-bond donors (Lipinski definition) is 1. The van der Waals surface area contributed by atoms with Gasteiger partial charge in [-0.05, 0) is 25.0 Å². The van der Waals surface area contributed by atoms with Gasteiger partial charge in [0.15, 0.2) is 0 Å². The number of carbonyl (C=O) groups excluding carboxylic acids is 3. The first-order valence-corrected chi connectivity index (χ1v) is 9.69. The number of hydrogen-bond acceptors (Lipinski definition) is 5. The van der Waals surface area contributed by atoms with E-state index in [1.165, 1.54) is 4.90 Å². The summed E-state index contributed by atoms with van der Waals surface area (Å²) in [5.74, 6) is -2.15. The molecule has 0 radical (unpaired) electrons. The predicted molar refractivity (Wildman–Crippen MR) is 101 cm³/mol. The molecule has 2 saturated heterocycles. The normalized spacial score (nSPS) is 29.9. The molecule has 4 rings (SSSR count). The van der Waals surface area contributed by atoms with Crippen LogP contribution in [-0.4, -0.2) is 54.1 Å². The lowest BCUT2D eigenvalue weighted by Gasteiger charge is -2.24. The molecule has 1 N–H and O–H groups in total. The van der Waals surface area contributed by atoms with E-state index in [1.807, 2.05) is 43.3 Å². The second-order valence-corrected chi connectivity index (χ2v) is 7.40. The molecule has 4 atom stereocenters. The Morgan fingerprint density at radius 3 is 2.86 bits per heavy atom. The lowest BCUT2D eigenvalue weighted by atomic mass is 9.76. The molecule has 2 bridgehead atoms. The molecular formula is C21H24N2O5. The number of nitrogens with one attached hydrogen (secondary N) is 1. The van der Waals surface area contributed by atoms with Crippen LogP contribution in [0, 0.1) is 11.8 Å². The predicted octanol–water partition coefficient (Wildman–Crippen LogP) is 1.53. The Morgan fingerprint density at radius 2 is 2.11 bits per heavy atom. The molecule has 2 unspecified atom stereocenters. The third-order valence-corrected chi connectivity index (χ3v) is 5.76. The number of esters is 1. The molecule has 1 aromatic carbocycles. The number of rotatable bonds is 6. The van der Waals surface area contributed by atoms with E-state index in [1.54, 1.807) is 6.92 Å². The summed E-state index contributed by atoms with van der Waals surface area (Å²) in [6.07, 6.45) is 4.09. The Kier molecular flexibility index (Phi) is 4.71. The van der Waals surface area contributed by atoms with Crippen LogP contribution in [0.3, 0.4) is 0 Å². The molecule has 1 aromatic rings. The molecule has 3 heterocycles. The Hall–Kier alpha value is -2.67. The number of anilines is 1. The van der Waals surface area contributed by atoms with Crippen molar-refractivity contribution in [2.75, 3.05) is 25.0 Å². The van der Waals surface area contributed by atoms with Gasteiger partial charge in [0.1, 0.15) is 12.1 Å². The number of fused-ring (bicyclic) bond motifs is 1. The highest BCUT2D eigenvalue weighted by molar-refractivity contribution is 6.00. The van der Waals surface area contributed by atoms with Crippen LogP contribution in [0.2, 0.25) is 0 Å². The fraction of sp³-hybridized carbons (Fsp3) is 0.476. The molecule has 3 aliphatic rings. The Bertz CT molecular complexity index is 851. The summed E-state index contributed by atoms with van der Waals surface area (Å²) in [4.78, 5) is 39.4. The third kappa shape index (κ3) is 2.90. The number of likely N-dealkylation sites (tertiary alicyclic amines) is 1. The van der Waals surface area contributed by atoms with E-state index in [0.29, 0.717) is 0 Å². The number of para-hydroxylation sites is 1. The Morgan fingerprint density at radius 1 is 1.32 bits per heavy atom. The SMILES string of the molecule is CCOC(=O)CN1CC23C=C[C@@H](O2)C(C(=O)Nc2ccccc2CC)[C@@H]3C1=O. The summed E-state index contributed by atoms with van der Waals surface area (Å²) < 4.78 is 11.0. The molecule has 7 heteroatoms. The van der Waals surface area contributed by atoms with Crippen molar-refractivity contribution >= 4 is 23.5 Å². The second kappa shape index (κ2) is 7.05. The molecule has 1 spiro atoms. The van der Waals surface area contributed by atoms with Gasteiger partial charge < -0.3 is 19.7 Å². The van der Waals surface area contributed by atoms with Crippen LogP contribution in [0.15, 0.2) is 36.4 Å². The van der Waals surface area contributed by atoms with Crippen LogP contribution >= 0.6 is 0 Å². The van der Waals surface area contributed by atoms with E-state index in [2.05, 4.69) is 5.32 Å². The summed E-state index contributed by atoms with van der Waals surface area (Å²) in [6.45, 7) is 4.14. The van der Waals surface area contributed by atoms with E-state index >= 15 is 0 Å². The van der Waals surface area contributed by atoms with Crippen LogP contribution in [0.1, 0.15) is 19.4 Å². The summed E-state index contributed by atoms with van der Waals surface area (Å²) in [5, 5.41) is 2.98. The molecule has 148 valence electrons. The highest BCUT2D eigenvalue weighted by Gasteiger charge is 2.66. The lowest BCUT2D eigenvalue weighted by molar-refractivity contribution is -0.148. The topological polar surface area (TPSA) is 84.9 Å². The van der Waals surface area contributed by atoms with E-state index in [0.717, 1.165) is 17.7 Å². The monoisotopic (exact) mass is 384 g/mol. The van der Waals surface area contributed by atoms with Crippen LogP contribution < -0.4 is 5.32 Å². The van der Waals surface area contributed by atoms with Gasteiger partial charge in [0.25, 0.3) is 0 Å². The third-order valence-electron chi connectivity index (χ3n) is 5.76. The van der Waals surface area contributed by atoms with Crippen molar-refractivity contribution in [2.45, 2.75) is 32.0 Å². The van der Waals surface area contributed by atoms with Crippen molar-refractivity contribution in [3.63, 3.8) is 0 Å². The number of ether oxygens (including phenoxy) is 2. The second-order valence-electron chi connectivity index (χ2n) is 7.40. The smallest absolute Gasteiger partial charge is 0.325 e. The molecule has 2 fully saturated rings. The van der Waals surface area contributed by atoms with Crippen molar-refractivity contribution in [2.24, 2.45) is 11.8 Å². The minimum Gasteiger partial charge on any atom is -0.465 e. The molecule has 28 heavy (non-hydrogen) atoms. The average Bonchev–Trinajstić information content (AvgIpc) is 3.31. The summed E-state index contributed by atoms with van der Waals surface area (Å²) >= 11 is 0. The fourth-order valence-electron chi connectivity index (χ4n) is 4.54. The first-order valence-electron chi connectivity index (χ1n) is 9.69. The van der Waals surface area contributed by atoms with E-state index in [4.69, 9.17) is 9.47 Å². The van der Waals surface area contributed by atoms with Gasteiger partial charge in [-0.2, -0.15) is 0 Å². The van der Waals surface area contributed by atoms with Gasteiger partial charge in [0, 0.05) is 5.69 Å². The van der Waals surface area contributed by atoms with Crippen molar-refractivity contribution < 1.29 is 23.9 Å². The summed E-state index contributed by atoms with van der Waals surface area (Å²) in [7, 11) is 0. The van der Waals surface area contributed by atoms with Crippen molar-refractivity contribution in [3.05, 3.63) is 42.0 Å². The summed E-state index contributed by atoms with van der Waals surface area (Å²) in [6, 6.07) is 7.63. The zero-order chi connectivity index (χ0) is 19.9. The number of amides is 2. The van der Waals surface area contributed by atoms with Gasteiger partial charge in [0.2, 0.25) is 11.8 Å². The lowest BCUT2D eigenvalue weighted by Crippen LogP contribution is -2.42. The maximum atomic E-state index is 13.1. The molecular weight excluding hydrogens is 360 g/mol. The van der Waals surface area contributed by atoms with Crippen LogP contribution in [0.5, 0.6) is 0 Å². The van der Waals surface area contributed by atoms with Crippen molar-refractivity contribution in [1.82, 2.24) is 4.90 Å². The van der Waals surface area contributed by atoms with Gasteiger partial charge in [-0.15, -0.1) is 0 Å². The van der Waals surface area contributed by atoms with E-state index in [9.17, 15) is 14.4 Å². The standard InChI is InChI=1S/C21H24N2O5/c1-3-13-7-5-6-8-14(13)22-19(25)17-15-9-10-21(28-15)12-23(20(26)18(17)21)11-16(24)27-4-2/h5-10,15,17-18H,3-4,11-12H2,1-2H3,(H,22,25)/t15-,17?,18-,21?/m1/s1. The first kappa shape index (κ1) is 18.7. The molecule has 2 amide bonds. The maximum absolute atomic E-state index is 13.1. The molecule has 0 aliphatic carbocycles. The molecule has 3 aliphatic heterocycles. The first-order chi connectivity index (χ1) is 13.5. The van der Waals surface area contributed by atoms with Crippen LogP contribution in [0.25, 0.3) is 0 Å². The van der Waals surface area contributed by atoms with Crippen LogP contribution in [-0.2, 0) is 30.3 Å². The fourth-order valence-corrected chi connectivity index (χ4v) is 4.54. The highest BCUT2D eigenvalue weighted by atomic mass is 16.5. The number of carbonyl (C=O) groups is 3. The summed E-state index contributed by atoms with van der Waals surface area (Å²) in [5.41, 5.74) is 0.956. The number of benzene rings is 1.